The number of anilines is 1. The third-order valence-corrected chi connectivity index (χ3v) is 3.19. The lowest BCUT2D eigenvalue weighted by Crippen LogP contribution is -2.20. The van der Waals surface area contributed by atoms with Gasteiger partial charge in [-0.25, -0.2) is 0 Å². The fraction of sp³-hybridized carbons (Fsp3) is 0.176. The van der Waals surface area contributed by atoms with E-state index in [1.807, 2.05) is 6.92 Å². The molecule has 6 heteroatoms. The number of nitrogens with one attached hydrogen (secondary N) is 1. The Hall–Kier alpha value is -3.02. The SMILES string of the molecule is CCc1ccc(O)c(NC(=O)c2cccc(OCC(N)=O)c2)c1. The lowest BCUT2D eigenvalue weighted by atomic mass is 10.1. The molecule has 4 N–H and O–H groups in total. The molecule has 120 valence electrons. The molecular weight excluding hydrogens is 296 g/mol. The zero-order valence-corrected chi connectivity index (χ0v) is 12.7. The second kappa shape index (κ2) is 7.31. The van der Waals surface area contributed by atoms with Crippen molar-refractivity contribution in [2.45, 2.75) is 13.3 Å². The predicted octanol–water partition coefficient (Wildman–Crippen LogP) is 2.07. The summed E-state index contributed by atoms with van der Waals surface area (Å²) in [4.78, 5) is 23.0. The van der Waals surface area contributed by atoms with E-state index in [1.54, 1.807) is 36.4 Å². The molecular formula is C17H18N2O4. The number of aryl methyl sites for hydroxylation is 1. The van der Waals surface area contributed by atoms with E-state index >= 15 is 0 Å². The van der Waals surface area contributed by atoms with Gasteiger partial charge in [0.25, 0.3) is 11.8 Å². The molecule has 0 aromatic heterocycles. The second-order valence-electron chi connectivity index (χ2n) is 4.94. The molecule has 23 heavy (non-hydrogen) atoms. The Kier molecular flexibility index (Phi) is 5.19. The van der Waals surface area contributed by atoms with Gasteiger partial charge in [0.15, 0.2) is 6.61 Å². The number of rotatable bonds is 6. The Bertz CT molecular complexity index is 728. The molecule has 2 amide bonds. The number of hydrogen-bond acceptors (Lipinski definition) is 4. The number of benzene rings is 2. The van der Waals surface area contributed by atoms with E-state index in [0.717, 1.165) is 12.0 Å². The van der Waals surface area contributed by atoms with Crippen molar-refractivity contribution in [1.29, 1.82) is 0 Å². The molecule has 0 aliphatic heterocycles. The van der Waals surface area contributed by atoms with Crippen LogP contribution in [0.5, 0.6) is 11.5 Å². The highest BCUT2D eigenvalue weighted by molar-refractivity contribution is 6.05. The van der Waals surface area contributed by atoms with E-state index in [2.05, 4.69) is 5.32 Å². The number of carbonyl (C=O) groups excluding carboxylic acids is 2. The molecule has 0 spiro atoms. The van der Waals surface area contributed by atoms with Crippen molar-refractivity contribution >= 4 is 17.5 Å². The van der Waals surface area contributed by atoms with Gasteiger partial charge in [-0.2, -0.15) is 0 Å². The van der Waals surface area contributed by atoms with Crippen LogP contribution in [0.2, 0.25) is 0 Å². The van der Waals surface area contributed by atoms with Crippen LogP contribution in [0, 0.1) is 0 Å². The van der Waals surface area contributed by atoms with Gasteiger partial charge < -0.3 is 20.9 Å². The van der Waals surface area contributed by atoms with Crippen molar-refractivity contribution in [3.8, 4) is 11.5 Å². The first-order chi connectivity index (χ1) is 11.0. The Labute approximate surface area is 133 Å². The van der Waals surface area contributed by atoms with Crippen LogP contribution < -0.4 is 15.8 Å². The van der Waals surface area contributed by atoms with Crippen molar-refractivity contribution in [2.24, 2.45) is 5.73 Å². The number of phenolic OH excluding ortho intramolecular Hbond substituents is 1. The minimum absolute atomic E-state index is 0.00307. The quantitative estimate of drug-likeness (QED) is 0.710. The van der Waals surface area contributed by atoms with Crippen LogP contribution in [-0.4, -0.2) is 23.5 Å². The summed E-state index contributed by atoms with van der Waals surface area (Å²) < 4.78 is 5.16. The molecule has 2 aromatic rings. The summed E-state index contributed by atoms with van der Waals surface area (Å²) in [5.41, 5.74) is 6.70. The zero-order valence-electron chi connectivity index (χ0n) is 12.7. The molecule has 0 saturated heterocycles. The summed E-state index contributed by atoms with van der Waals surface area (Å²) in [7, 11) is 0. The molecule has 2 rings (SSSR count). The van der Waals surface area contributed by atoms with Gasteiger partial charge in [-0.3, -0.25) is 9.59 Å². The fourth-order valence-electron chi connectivity index (χ4n) is 1.98. The highest BCUT2D eigenvalue weighted by Crippen LogP contribution is 2.25. The van der Waals surface area contributed by atoms with Gasteiger partial charge in [0.1, 0.15) is 11.5 Å². The van der Waals surface area contributed by atoms with Crippen LogP contribution in [0.3, 0.4) is 0 Å². The number of ether oxygens (including phenoxy) is 1. The summed E-state index contributed by atoms with van der Waals surface area (Å²) in [6.45, 7) is 1.72. The van der Waals surface area contributed by atoms with Crippen molar-refractivity contribution in [3.63, 3.8) is 0 Å². The first kappa shape index (κ1) is 16.4. The molecule has 0 atom stereocenters. The molecule has 2 aromatic carbocycles. The average molecular weight is 314 g/mol. The number of amides is 2. The van der Waals surface area contributed by atoms with Gasteiger partial charge in [0, 0.05) is 5.56 Å². The number of nitrogens with two attached hydrogens (primary N) is 1. The van der Waals surface area contributed by atoms with E-state index < -0.39 is 11.8 Å². The molecule has 0 heterocycles. The summed E-state index contributed by atoms with van der Waals surface area (Å²) in [5.74, 6) is -0.626. The van der Waals surface area contributed by atoms with E-state index in [4.69, 9.17) is 10.5 Å². The third kappa shape index (κ3) is 4.47. The molecule has 0 fully saturated rings. The Morgan fingerprint density at radius 2 is 2.00 bits per heavy atom. The molecule has 0 aliphatic rings. The van der Waals surface area contributed by atoms with Crippen molar-refractivity contribution in [2.75, 3.05) is 11.9 Å². The van der Waals surface area contributed by atoms with Crippen LogP contribution >= 0.6 is 0 Å². The number of carbonyl (C=O) groups is 2. The summed E-state index contributed by atoms with van der Waals surface area (Å²) >= 11 is 0. The van der Waals surface area contributed by atoms with E-state index in [-0.39, 0.29) is 12.4 Å². The van der Waals surface area contributed by atoms with Crippen LogP contribution in [-0.2, 0) is 11.2 Å². The van der Waals surface area contributed by atoms with Gasteiger partial charge in [-0.05, 0) is 42.3 Å². The Morgan fingerprint density at radius 3 is 2.70 bits per heavy atom. The average Bonchev–Trinajstić information content (AvgIpc) is 2.55. The first-order valence-corrected chi connectivity index (χ1v) is 7.14. The largest absolute Gasteiger partial charge is 0.506 e. The zero-order chi connectivity index (χ0) is 16.8. The summed E-state index contributed by atoms with van der Waals surface area (Å²) in [6, 6.07) is 11.4. The highest BCUT2D eigenvalue weighted by atomic mass is 16.5. The van der Waals surface area contributed by atoms with Crippen LogP contribution in [0.25, 0.3) is 0 Å². The third-order valence-electron chi connectivity index (χ3n) is 3.19. The van der Waals surface area contributed by atoms with E-state index in [0.29, 0.717) is 17.0 Å². The number of hydrogen-bond donors (Lipinski definition) is 3. The van der Waals surface area contributed by atoms with Crippen molar-refractivity contribution in [3.05, 3.63) is 53.6 Å². The lowest BCUT2D eigenvalue weighted by Gasteiger charge is -2.10. The van der Waals surface area contributed by atoms with Gasteiger partial charge in [-0.15, -0.1) is 0 Å². The van der Waals surface area contributed by atoms with Crippen LogP contribution in [0.15, 0.2) is 42.5 Å². The standard InChI is InChI=1S/C17H18N2O4/c1-2-11-6-7-15(20)14(8-11)19-17(22)12-4-3-5-13(9-12)23-10-16(18)21/h3-9,20H,2,10H2,1H3,(H2,18,21)(H,19,22). The number of primary amides is 1. The highest BCUT2D eigenvalue weighted by Gasteiger charge is 2.11. The monoisotopic (exact) mass is 314 g/mol. The minimum Gasteiger partial charge on any atom is -0.506 e. The van der Waals surface area contributed by atoms with Gasteiger partial charge in [0.05, 0.1) is 5.69 Å². The minimum atomic E-state index is -0.596. The first-order valence-electron chi connectivity index (χ1n) is 7.14. The van der Waals surface area contributed by atoms with Crippen molar-refractivity contribution < 1.29 is 19.4 Å². The maximum absolute atomic E-state index is 12.3. The van der Waals surface area contributed by atoms with Gasteiger partial charge in [-0.1, -0.05) is 19.1 Å². The van der Waals surface area contributed by atoms with Gasteiger partial charge in [0.2, 0.25) is 0 Å². The van der Waals surface area contributed by atoms with E-state index in [1.165, 1.54) is 6.07 Å². The summed E-state index contributed by atoms with van der Waals surface area (Å²) in [6.07, 6.45) is 0.791. The molecule has 0 unspecified atom stereocenters. The smallest absolute Gasteiger partial charge is 0.255 e. The maximum Gasteiger partial charge on any atom is 0.255 e. The Balaban J connectivity index is 2.14. The molecule has 0 aliphatic carbocycles. The van der Waals surface area contributed by atoms with E-state index in [9.17, 15) is 14.7 Å². The summed E-state index contributed by atoms with van der Waals surface area (Å²) in [5, 5.41) is 12.5. The molecule has 0 bridgehead atoms. The maximum atomic E-state index is 12.3. The topological polar surface area (TPSA) is 102 Å². The Morgan fingerprint density at radius 1 is 1.22 bits per heavy atom. The number of aromatic hydroxyl groups is 1. The number of phenols is 1. The van der Waals surface area contributed by atoms with Gasteiger partial charge >= 0.3 is 0 Å². The fourth-order valence-corrected chi connectivity index (χ4v) is 1.98. The molecule has 0 saturated carbocycles. The normalized spacial score (nSPS) is 10.1. The van der Waals surface area contributed by atoms with Crippen molar-refractivity contribution in [1.82, 2.24) is 0 Å². The second-order valence-corrected chi connectivity index (χ2v) is 4.94. The van der Waals surface area contributed by atoms with Crippen LogP contribution in [0.1, 0.15) is 22.8 Å². The predicted molar refractivity (Wildman–Crippen MR) is 86.6 cm³/mol. The molecule has 6 nitrogen and oxygen atoms in total. The lowest BCUT2D eigenvalue weighted by molar-refractivity contribution is -0.119. The van der Waals surface area contributed by atoms with Crippen LogP contribution in [0.4, 0.5) is 5.69 Å². The molecule has 0 radical (unpaired) electrons.